The lowest BCUT2D eigenvalue weighted by Gasteiger charge is -2.08. The van der Waals surface area contributed by atoms with Crippen LogP contribution >= 0.6 is 23.6 Å². The zero-order valence-electron chi connectivity index (χ0n) is 3.34. The highest BCUT2D eigenvalue weighted by Gasteiger charge is 2.29. The summed E-state index contributed by atoms with van der Waals surface area (Å²) < 4.78 is 32.7. The van der Waals surface area contributed by atoms with Gasteiger partial charge >= 0.3 is 6.30 Å². The molecule has 0 aromatic heterocycles. The first-order chi connectivity index (χ1) is 3.42. The Balaban J connectivity index is 3.39. The molecule has 0 saturated heterocycles. The lowest BCUT2D eigenvalue weighted by molar-refractivity contribution is -0.174. The molecule has 0 atom stereocenters. The minimum atomic E-state index is -4.57. The van der Waals surface area contributed by atoms with Crippen molar-refractivity contribution in [3.63, 3.8) is 0 Å². The zero-order valence-corrected chi connectivity index (χ0v) is 4.85. The summed E-state index contributed by atoms with van der Waals surface area (Å²) in [5.74, 6) is 0. The molecule has 0 amide bonds. The summed E-state index contributed by atoms with van der Waals surface area (Å²) in [4.78, 5) is 0. The Bertz CT molecular complexity index is 70.2. The van der Waals surface area contributed by atoms with Crippen molar-refractivity contribution in [2.45, 2.75) is 6.30 Å². The van der Waals surface area contributed by atoms with E-state index in [1.54, 1.807) is 0 Å². The van der Waals surface area contributed by atoms with Gasteiger partial charge in [0.1, 0.15) is 0 Å². The van der Waals surface area contributed by atoms with Crippen molar-refractivity contribution >= 4 is 23.6 Å². The summed E-state index contributed by atoms with van der Waals surface area (Å²) in [5, 5.41) is 0. The molecule has 0 aromatic carbocycles. The number of nitrogens with zero attached hydrogens (tertiary/aromatic N) is 1. The normalized spacial score (nSPS) is 12.8. The highest BCUT2D eigenvalue weighted by atomic mass is 35.5. The van der Waals surface area contributed by atoms with Crippen molar-refractivity contribution in [3.8, 4) is 0 Å². The summed E-state index contributed by atoms with van der Waals surface area (Å²) in [7, 11) is 0. The standard InChI is InChI=1S/CHCl2F3N2/c2-8(3)7-1(4,5)6/h7H. The Hall–Kier alpha value is 0.290. The van der Waals surface area contributed by atoms with Crippen molar-refractivity contribution < 1.29 is 13.2 Å². The number of hydrogen-bond donors (Lipinski definition) is 1. The van der Waals surface area contributed by atoms with E-state index in [9.17, 15) is 13.2 Å². The van der Waals surface area contributed by atoms with Gasteiger partial charge in [-0.2, -0.15) is 13.2 Å². The van der Waals surface area contributed by atoms with Crippen molar-refractivity contribution in [1.29, 1.82) is 0 Å². The van der Waals surface area contributed by atoms with Crippen molar-refractivity contribution in [2.75, 3.05) is 0 Å². The Morgan fingerprint density at radius 2 is 1.62 bits per heavy atom. The predicted octanol–water partition coefficient (Wildman–Crippen LogP) is 1.62. The number of rotatable bonds is 1. The van der Waals surface area contributed by atoms with Gasteiger partial charge in [-0.1, -0.05) is 4.05 Å². The first kappa shape index (κ1) is 8.29. The Morgan fingerprint density at radius 3 is 1.62 bits per heavy atom. The van der Waals surface area contributed by atoms with Crippen LogP contribution in [-0.2, 0) is 0 Å². The average molecular weight is 169 g/mol. The SMILES string of the molecule is FC(F)(F)NN(Cl)Cl. The average Bonchev–Trinajstić information content (AvgIpc) is 1.21. The molecule has 0 bridgehead atoms. The fourth-order valence-corrected chi connectivity index (χ4v) is 0.287. The zero-order chi connectivity index (χ0) is 6.78. The molecule has 50 valence electrons. The summed E-state index contributed by atoms with van der Waals surface area (Å²) in [6.45, 7) is 0. The number of hydrogen-bond acceptors (Lipinski definition) is 2. The molecule has 1 N–H and O–H groups in total. The smallest absolute Gasteiger partial charge is 0.154 e. The minimum absolute atomic E-state index is 0.222. The molecule has 2 nitrogen and oxygen atoms in total. The maximum atomic E-state index is 11.0. The lowest BCUT2D eigenvalue weighted by atomic mass is 11.2. The number of alkyl halides is 3. The van der Waals surface area contributed by atoms with Gasteiger partial charge in [-0.25, -0.2) is 0 Å². The van der Waals surface area contributed by atoms with Gasteiger partial charge in [0, 0.05) is 23.6 Å². The van der Waals surface area contributed by atoms with E-state index < -0.39 is 6.30 Å². The van der Waals surface area contributed by atoms with E-state index in [4.69, 9.17) is 0 Å². The van der Waals surface area contributed by atoms with Crippen LogP contribution < -0.4 is 5.43 Å². The van der Waals surface area contributed by atoms with Crippen molar-refractivity contribution in [3.05, 3.63) is 0 Å². The lowest BCUT2D eigenvalue weighted by Crippen LogP contribution is -2.36. The Kier molecular flexibility index (Phi) is 2.82. The topological polar surface area (TPSA) is 15.3 Å². The fourth-order valence-electron chi connectivity index (χ4n) is 0.0958. The summed E-state index contributed by atoms with van der Waals surface area (Å²) in [6.07, 6.45) is -4.57. The maximum Gasteiger partial charge on any atom is 0.472 e. The Labute approximate surface area is 53.3 Å². The van der Waals surface area contributed by atoms with Gasteiger partial charge in [0.05, 0.1) is 0 Å². The van der Waals surface area contributed by atoms with Crippen LogP contribution in [0.2, 0.25) is 0 Å². The van der Waals surface area contributed by atoms with Crippen LogP contribution in [0.3, 0.4) is 0 Å². The van der Waals surface area contributed by atoms with Gasteiger partial charge in [-0.3, -0.25) is 0 Å². The molecule has 7 heteroatoms. The third-order valence-electron chi connectivity index (χ3n) is 0.211. The fraction of sp³-hybridized carbons (Fsp3) is 1.00. The number of halogens is 5. The third kappa shape index (κ3) is 6.29. The molecule has 0 radical (unpaired) electrons. The molecule has 0 saturated carbocycles. The van der Waals surface area contributed by atoms with Crippen LogP contribution in [0, 0.1) is 0 Å². The van der Waals surface area contributed by atoms with Gasteiger partial charge in [-0.05, 0) is 0 Å². The van der Waals surface area contributed by atoms with Crippen LogP contribution in [-0.4, -0.2) is 10.3 Å². The van der Waals surface area contributed by atoms with E-state index in [1.165, 1.54) is 0 Å². The van der Waals surface area contributed by atoms with Gasteiger partial charge in [-0.15, -0.1) is 5.43 Å². The van der Waals surface area contributed by atoms with E-state index in [2.05, 4.69) is 23.6 Å². The second-order valence-corrected chi connectivity index (χ2v) is 1.69. The van der Waals surface area contributed by atoms with E-state index in [-0.39, 0.29) is 4.05 Å². The van der Waals surface area contributed by atoms with Gasteiger partial charge in [0.15, 0.2) is 0 Å². The molecule has 0 heterocycles. The molecule has 0 aliphatic carbocycles. The molecular formula is CHCl2F3N2. The highest BCUT2D eigenvalue weighted by Crippen LogP contribution is 2.12. The van der Waals surface area contributed by atoms with Crippen LogP contribution in [0.4, 0.5) is 13.2 Å². The van der Waals surface area contributed by atoms with E-state index in [0.717, 1.165) is 5.43 Å². The van der Waals surface area contributed by atoms with E-state index in [1.807, 2.05) is 0 Å². The molecule has 8 heavy (non-hydrogen) atoms. The molecular weight excluding hydrogens is 168 g/mol. The monoisotopic (exact) mass is 168 g/mol. The quantitative estimate of drug-likeness (QED) is 0.364. The van der Waals surface area contributed by atoms with Gasteiger partial charge in [0.2, 0.25) is 0 Å². The molecule has 0 unspecified atom stereocenters. The number of nitrogens with one attached hydrogen (secondary N) is 1. The number of hydrazine groups is 1. The largest absolute Gasteiger partial charge is 0.472 e. The molecule has 0 spiro atoms. The summed E-state index contributed by atoms with van der Waals surface area (Å²) in [5.41, 5.74) is 0.746. The molecule has 0 aromatic rings. The summed E-state index contributed by atoms with van der Waals surface area (Å²) >= 11 is 9.06. The first-order valence-electron chi connectivity index (χ1n) is 1.38. The predicted molar refractivity (Wildman–Crippen MR) is 22.7 cm³/mol. The van der Waals surface area contributed by atoms with E-state index in [0.29, 0.717) is 0 Å². The van der Waals surface area contributed by atoms with Crippen LogP contribution in [0.1, 0.15) is 0 Å². The van der Waals surface area contributed by atoms with Crippen molar-refractivity contribution in [1.82, 2.24) is 9.47 Å². The summed E-state index contributed by atoms with van der Waals surface area (Å²) in [6, 6.07) is 0. The minimum Gasteiger partial charge on any atom is -0.154 e. The second-order valence-electron chi connectivity index (χ2n) is 0.842. The van der Waals surface area contributed by atoms with E-state index >= 15 is 0 Å². The molecule has 0 aliphatic rings. The Morgan fingerprint density at radius 1 is 1.25 bits per heavy atom. The highest BCUT2D eigenvalue weighted by molar-refractivity contribution is 6.33. The van der Waals surface area contributed by atoms with Gasteiger partial charge < -0.3 is 0 Å². The molecule has 0 aliphatic heterocycles. The second kappa shape index (κ2) is 2.72. The third-order valence-corrected chi connectivity index (χ3v) is 0.380. The maximum absolute atomic E-state index is 11.0. The van der Waals surface area contributed by atoms with Crippen molar-refractivity contribution in [2.24, 2.45) is 0 Å². The first-order valence-corrected chi connectivity index (χ1v) is 2.05. The molecule has 0 rings (SSSR count). The molecule has 0 fully saturated rings. The van der Waals surface area contributed by atoms with Crippen LogP contribution in [0.5, 0.6) is 0 Å². The van der Waals surface area contributed by atoms with Crippen LogP contribution in [0.25, 0.3) is 0 Å². The van der Waals surface area contributed by atoms with Gasteiger partial charge in [0.25, 0.3) is 0 Å². The van der Waals surface area contributed by atoms with Crippen LogP contribution in [0.15, 0.2) is 0 Å².